The third-order valence-electron chi connectivity index (χ3n) is 5.41. The van der Waals surface area contributed by atoms with E-state index in [1.807, 2.05) is 23.1 Å². The Morgan fingerprint density at radius 3 is 2.68 bits per heavy atom. The van der Waals surface area contributed by atoms with E-state index in [2.05, 4.69) is 36.1 Å². The third kappa shape index (κ3) is 3.26. The summed E-state index contributed by atoms with van der Waals surface area (Å²) >= 11 is 0. The highest BCUT2D eigenvalue weighted by Gasteiger charge is 2.24. The molecular formula is C21H25N3O. The van der Waals surface area contributed by atoms with Gasteiger partial charge < -0.3 is 9.80 Å². The Kier molecular flexibility index (Phi) is 4.43. The van der Waals surface area contributed by atoms with Gasteiger partial charge in [-0.3, -0.25) is 4.79 Å². The number of piperidine rings is 1. The molecule has 1 saturated heterocycles. The molecule has 130 valence electrons. The molecule has 4 heteroatoms. The summed E-state index contributed by atoms with van der Waals surface area (Å²) in [4.78, 5) is 21.8. The Balaban J connectivity index is 1.59. The van der Waals surface area contributed by atoms with Crippen molar-refractivity contribution in [3.8, 4) is 0 Å². The second-order valence-corrected chi connectivity index (χ2v) is 7.24. The molecule has 3 heterocycles. The van der Waals surface area contributed by atoms with Crippen molar-refractivity contribution in [3.63, 3.8) is 0 Å². The van der Waals surface area contributed by atoms with Crippen LogP contribution in [0.5, 0.6) is 0 Å². The Hall–Kier alpha value is -2.36. The number of nitrogens with zero attached hydrogens (tertiary/aromatic N) is 3. The Morgan fingerprint density at radius 2 is 1.84 bits per heavy atom. The minimum atomic E-state index is 0.0686. The van der Waals surface area contributed by atoms with Gasteiger partial charge in [0.15, 0.2) is 0 Å². The number of amides is 1. The summed E-state index contributed by atoms with van der Waals surface area (Å²) in [7, 11) is 0. The van der Waals surface area contributed by atoms with E-state index < -0.39 is 0 Å². The average Bonchev–Trinajstić information content (AvgIpc) is 2.68. The van der Waals surface area contributed by atoms with Gasteiger partial charge in [0.1, 0.15) is 11.5 Å². The average molecular weight is 335 g/mol. The molecule has 1 aromatic carbocycles. The van der Waals surface area contributed by atoms with E-state index in [4.69, 9.17) is 4.98 Å². The predicted octanol–water partition coefficient (Wildman–Crippen LogP) is 4.04. The van der Waals surface area contributed by atoms with E-state index in [-0.39, 0.29) is 5.91 Å². The van der Waals surface area contributed by atoms with Crippen molar-refractivity contribution in [2.75, 3.05) is 24.5 Å². The van der Waals surface area contributed by atoms with Crippen LogP contribution in [0.25, 0.3) is 0 Å². The van der Waals surface area contributed by atoms with Crippen molar-refractivity contribution in [1.82, 2.24) is 9.88 Å². The fourth-order valence-corrected chi connectivity index (χ4v) is 3.84. The lowest BCUT2D eigenvalue weighted by atomic mass is 9.99. The molecule has 2 aliphatic rings. The number of pyridine rings is 1. The maximum atomic E-state index is 12.8. The van der Waals surface area contributed by atoms with E-state index >= 15 is 0 Å². The van der Waals surface area contributed by atoms with Gasteiger partial charge in [-0.25, -0.2) is 4.98 Å². The molecule has 1 aromatic heterocycles. The number of fused-ring (bicyclic) bond motifs is 1. The summed E-state index contributed by atoms with van der Waals surface area (Å²) < 4.78 is 0. The fourth-order valence-electron chi connectivity index (χ4n) is 3.84. The highest BCUT2D eigenvalue weighted by Crippen LogP contribution is 2.32. The minimum Gasteiger partial charge on any atom is -0.337 e. The van der Waals surface area contributed by atoms with Crippen LogP contribution in [0.1, 0.15) is 42.2 Å². The summed E-state index contributed by atoms with van der Waals surface area (Å²) in [6.07, 6.45) is 4.40. The number of likely N-dealkylation sites (tertiary alicyclic amines) is 1. The second-order valence-electron chi connectivity index (χ2n) is 7.24. The summed E-state index contributed by atoms with van der Waals surface area (Å²) in [6.45, 7) is 4.90. The quantitative estimate of drug-likeness (QED) is 0.831. The van der Waals surface area contributed by atoms with Crippen molar-refractivity contribution >= 4 is 17.4 Å². The first-order valence-electron chi connectivity index (χ1n) is 9.34. The molecule has 0 aliphatic carbocycles. The number of rotatable bonds is 2. The second kappa shape index (κ2) is 6.87. The van der Waals surface area contributed by atoms with Crippen LogP contribution < -0.4 is 4.90 Å². The van der Waals surface area contributed by atoms with E-state index in [1.54, 1.807) is 0 Å². The standard InChI is InChI=1S/C21H25N3O/c1-16-11-14-23(15-12-16)21(25)18-8-4-10-20(22-18)24-13-5-7-17-6-2-3-9-19(17)24/h2-4,6,8-10,16H,5,7,11-15H2,1H3. The van der Waals surface area contributed by atoms with Crippen LogP contribution in [-0.2, 0) is 6.42 Å². The van der Waals surface area contributed by atoms with Crippen molar-refractivity contribution in [1.29, 1.82) is 0 Å². The molecule has 25 heavy (non-hydrogen) atoms. The summed E-state index contributed by atoms with van der Waals surface area (Å²) in [5, 5.41) is 0. The molecule has 0 spiro atoms. The van der Waals surface area contributed by atoms with E-state index in [1.165, 1.54) is 11.3 Å². The zero-order valence-corrected chi connectivity index (χ0v) is 14.8. The van der Waals surface area contributed by atoms with Crippen molar-refractivity contribution < 1.29 is 4.79 Å². The van der Waals surface area contributed by atoms with Crippen LogP contribution in [0.15, 0.2) is 42.5 Å². The van der Waals surface area contributed by atoms with Gasteiger partial charge in [-0.05, 0) is 55.4 Å². The van der Waals surface area contributed by atoms with E-state index in [9.17, 15) is 4.79 Å². The molecule has 0 atom stereocenters. The molecule has 2 aromatic rings. The SMILES string of the molecule is CC1CCN(C(=O)c2cccc(N3CCCc4ccccc43)n2)CC1. The third-order valence-corrected chi connectivity index (χ3v) is 5.41. The number of carbonyl (C=O) groups excluding carboxylic acids is 1. The zero-order chi connectivity index (χ0) is 17.2. The topological polar surface area (TPSA) is 36.4 Å². The number of aromatic nitrogens is 1. The molecule has 4 nitrogen and oxygen atoms in total. The highest BCUT2D eigenvalue weighted by atomic mass is 16.2. The number of carbonyl (C=O) groups is 1. The normalized spacial score (nSPS) is 18.1. The fraction of sp³-hybridized carbons (Fsp3) is 0.429. The number of anilines is 2. The van der Waals surface area contributed by atoms with Crippen molar-refractivity contribution in [2.45, 2.75) is 32.6 Å². The smallest absolute Gasteiger partial charge is 0.272 e. The maximum Gasteiger partial charge on any atom is 0.272 e. The lowest BCUT2D eigenvalue weighted by Crippen LogP contribution is -2.38. The van der Waals surface area contributed by atoms with Gasteiger partial charge in [0.25, 0.3) is 5.91 Å². The number of aryl methyl sites for hydroxylation is 1. The number of hydrogen-bond donors (Lipinski definition) is 0. The molecule has 0 saturated carbocycles. The van der Waals surface area contributed by atoms with Crippen molar-refractivity contribution in [2.24, 2.45) is 5.92 Å². The first kappa shape index (κ1) is 16.1. The van der Waals surface area contributed by atoms with E-state index in [0.717, 1.165) is 51.1 Å². The van der Waals surface area contributed by atoms with Gasteiger partial charge >= 0.3 is 0 Å². The lowest BCUT2D eigenvalue weighted by Gasteiger charge is -2.32. The first-order chi connectivity index (χ1) is 12.2. The predicted molar refractivity (Wildman–Crippen MR) is 100 cm³/mol. The summed E-state index contributed by atoms with van der Waals surface area (Å²) in [5.41, 5.74) is 3.14. The Morgan fingerprint density at radius 1 is 1.04 bits per heavy atom. The molecule has 0 unspecified atom stereocenters. The molecule has 0 bridgehead atoms. The van der Waals surface area contributed by atoms with Gasteiger partial charge in [0.2, 0.25) is 0 Å². The molecule has 4 rings (SSSR count). The van der Waals surface area contributed by atoms with Crippen LogP contribution in [-0.4, -0.2) is 35.4 Å². The van der Waals surface area contributed by atoms with Crippen molar-refractivity contribution in [3.05, 3.63) is 53.7 Å². The largest absolute Gasteiger partial charge is 0.337 e. The zero-order valence-electron chi connectivity index (χ0n) is 14.8. The molecule has 0 radical (unpaired) electrons. The molecular weight excluding hydrogens is 310 g/mol. The molecule has 1 amide bonds. The Bertz CT molecular complexity index is 765. The van der Waals surface area contributed by atoms with Crippen LogP contribution in [0.2, 0.25) is 0 Å². The Labute approximate surface area is 149 Å². The van der Waals surface area contributed by atoms with E-state index in [0.29, 0.717) is 11.6 Å². The van der Waals surface area contributed by atoms with Crippen LogP contribution in [0, 0.1) is 5.92 Å². The molecule has 2 aliphatic heterocycles. The summed E-state index contributed by atoms with van der Waals surface area (Å²) in [6, 6.07) is 14.3. The lowest BCUT2D eigenvalue weighted by molar-refractivity contribution is 0.0691. The number of para-hydroxylation sites is 1. The van der Waals surface area contributed by atoms with Gasteiger partial charge in [0.05, 0.1) is 0 Å². The minimum absolute atomic E-state index is 0.0686. The monoisotopic (exact) mass is 335 g/mol. The van der Waals surface area contributed by atoms with Gasteiger partial charge in [0, 0.05) is 25.3 Å². The van der Waals surface area contributed by atoms with Gasteiger partial charge in [-0.1, -0.05) is 31.2 Å². The maximum absolute atomic E-state index is 12.8. The van der Waals surface area contributed by atoms with Crippen LogP contribution in [0.4, 0.5) is 11.5 Å². The van der Waals surface area contributed by atoms with Crippen LogP contribution in [0.3, 0.4) is 0 Å². The number of hydrogen-bond acceptors (Lipinski definition) is 3. The first-order valence-corrected chi connectivity index (χ1v) is 9.34. The molecule has 1 fully saturated rings. The summed E-state index contributed by atoms with van der Waals surface area (Å²) in [5.74, 6) is 1.66. The molecule has 0 N–H and O–H groups in total. The van der Waals surface area contributed by atoms with Crippen LogP contribution >= 0.6 is 0 Å². The highest BCUT2D eigenvalue weighted by molar-refractivity contribution is 5.93. The van der Waals surface area contributed by atoms with Gasteiger partial charge in [-0.2, -0.15) is 0 Å². The number of benzene rings is 1. The van der Waals surface area contributed by atoms with Gasteiger partial charge in [-0.15, -0.1) is 0 Å².